The van der Waals surface area contributed by atoms with E-state index in [-0.39, 0.29) is 27.9 Å². The number of carbonyl (C=O) groups excluding carboxylic acids is 1. The molecular weight excluding hydrogens is 433 g/mol. The van der Waals surface area contributed by atoms with E-state index in [4.69, 9.17) is 16.3 Å². The summed E-state index contributed by atoms with van der Waals surface area (Å²) < 4.78 is 69.8. The average Bonchev–Trinajstić information content (AvgIpc) is 2.65. The van der Waals surface area contributed by atoms with Crippen LogP contribution in [0.1, 0.15) is 12.5 Å². The van der Waals surface area contributed by atoms with Crippen molar-refractivity contribution < 1.29 is 31.1 Å². The summed E-state index contributed by atoms with van der Waals surface area (Å²) in [5, 5.41) is 2.36. The number of hydrogen-bond acceptors (Lipinski definition) is 4. The van der Waals surface area contributed by atoms with Gasteiger partial charge in [-0.05, 0) is 36.4 Å². The summed E-state index contributed by atoms with van der Waals surface area (Å²) in [6, 6.07) is 7.92. The first kappa shape index (κ1) is 23.0. The van der Waals surface area contributed by atoms with Crippen LogP contribution in [0.15, 0.2) is 47.4 Å². The van der Waals surface area contributed by atoms with Gasteiger partial charge in [-0.25, -0.2) is 8.42 Å². The zero-order valence-electron chi connectivity index (χ0n) is 15.5. The van der Waals surface area contributed by atoms with Crippen molar-refractivity contribution in [1.29, 1.82) is 0 Å². The lowest BCUT2D eigenvalue weighted by Crippen LogP contribution is -2.37. The first-order chi connectivity index (χ1) is 13.5. The molecular formula is C18H18ClF3N2O4S. The molecule has 0 saturated heterocycles. The van der Waals surface area contributed by atoms with Gasteiger partial charge in [0.25, 0.3) is 0 Å². The van der Waals surface area contributed by atoms with Crippen molar-refractivity contribution in [3.05, 3.63) is 53.1 Å². The molecule has 0 aliphatic heterocycles. The van der Waals surface area contributed by atoms with Gasteiger partial charge in [-0.15, -0.1) is 0 Å². The fourth-order valence-corrected chi connectivity index (χ4v) is 4.21. The molecule has 158 valence electrons. The minimum atomic E-state index is -4.56. The van der Waals surface area contributed by atoms with E-state index >= 15 is 0 Å². The fourth-order valence-electron chi connectivity index (χ4n) is 2.46. The highest BCUT2D eigenvalue weighted by molar-refractivity contribution is 7.89. The Morgan fingerprint density at radius 3 is 2.45 bits per heavy atom. The zero-order chi connectivity index (χ0) is 21.8. The Bertz CT molecular complexity index is 997. The number of benzene rings is 2. The minimum absolute atomic E-state index is 0.0397. The summed E-state index contributed by atoms with van der Waals surface area (Å²) in [7, 11) is -2.68. The monoisotopic (exact) mass is 450 g/mol. The third-order valence-corrected chi connectivity index (χ3v) is 6.12. The molecule has 0 atom stereocenters. The van der Waals surface area contributed by atoms with E-state index in [1.165, 1.54) is 38.3 Å². The van der Waals surface area contributed by atoms with Crippen LogP contribution in [0.5, 0.6) is 5.75 Å². The molecule has 2 aromatic rings. The van der Waals surface area contributed by atoms with Gasteiger partial charge in [0, 0.05) is 12.2 Å². The first-order valence-corrected chi connectivity index (χ1v) is 10.1. The molecule has 0 aliphatic carbocycles. The number of ether oxygens (including phenoxy) is 1. The summed E-state index contributed by atoms with van der Waals surface area (Å²) >= 11 is 5.97. The molecule has 2 rings (SSSR count). The summed E-state index contributed by atoms with van der Waals surface area (Å²) in [6.45, 7) is 0.904. The van der Waals surface area contributed by atoms with Gasteiger partial charge in [0.1, 0.15) is 5.75 Å². The number of anilines is 1. The van der Waals surface area contributed by atoms with E-state index in [9.17, 15) is 26.4 Å². The van der Waals surface area contributed by atoms with Crippen LogP contribution in [0.2, 0.25) is 5.02 Å². The molecule has 0 aliphatic rings. The highest BCUT2D eigenvalue weighted by atomic mass is 35.5. The molecule has 0 bridgehead atoms. The Balaban J connectivity index is 2.18. The number of likely N-dealkylation sites (N-methyl/N-ethyl adjacent to an activating group) is 1. The summed E-state index contributed by atoms with van der Waals surface area (Å²) in [4.78, 5) is 12.1. The third kappa shape index (κ3) is 5.62. The van der Waals surface area contributed by atoms with Crippen LogP contribution in [-0.2, 0) is 21.0 Å². The van der Waals surface area contributed by atoms with Crippen molar-refractivity contribution in [2.45, 2.75) is 18.0 Å². The van der Waals surface area contributed by atoms with Gasteiger partial charge in [0.05, 0.1) is 29.1 Å². The summed E-state index contributed by atoms with van der Waals surface area (Å²) in [5.41, 5.74) is -1.02. The fraction of sp³-hybridized carbons (Fsp3) is 0.278. The van der Waals surface area contributed by atoms with E-state index in [2.05, 4.69) is 5.32 Å². The van der Waals surface area contributed by atoms with Crippen LogP contribution in [0.4, 0.5) is 18.9 Å². The average molecular weight is 451 g/mol. The highest BCUT2D eigenvalue weighted by Gasteiger charge is 2.31. The zero-order valence-corrected chi connectivity index (χ0v) is 17.0. The summed E-state index contributed by atoms with van der Waals surface area (Å²) in [6.07, 6.45) is -4.56. The van der Waals surface area contributed by atoms with Crippen LogP contribution >= 0.6 is 11.6 Å². The predicted octanol–water partition coefficient (Wildman–Crippen LogP) is 4.02. The van der Waals surface area contributed by atoms with Crippen LogP contribution in [0, 0.1) is 0 Å². The number of amides is 1. The number of halogens is 4. The first-order valence-electron chi connectivity index (χ1n) is 8.29. The van der Waals surface area contributed by atoms with Crippen LogP contribution < -0.4 is 10.1 Å². The molecule has 0 heterocycles. The number of methoxy groups -OCH3 is 1. The number of nitrogens with one attached hydrogen (secondary N) is 1. The lowest BCUT2D eigenvalue weighted by Gasteiger charge is -2.20. The van der Waals surface area contributed by atoms with E-state index in [1.54, 1.807) is 0 Å². The molecule has 29 heavy (non-hydrogen) atoms. The second-order valence-electron chi connectivity index (χ2n) is 5.85. The van der Waals surface area contributed by atoms with Gasteiger partial charge in [-0.3, -0.25) is 4.79 Å². The van der Waals surface area contributed by atoms with Crippen molar-refractivity contribution >= 4 is 33.2 Å². The Morgan fingerprint density at radius 2 is 1.90 bits per heavy atom. The molecule has 0 aromatic heterocycles. The number of alkyl halides is 3. The largest absolute Gasteiger partial charge is 0.495 e. The molecule has 11 heteroatoms. The van der Waals surface area contributed by atoms with E-state index in [1.807, 2.05) is 0 Å². The van der Waals surface area contributed by atoms with Gasteiger partial charge in [-0.2, -0.15) is 17.5 Å². The van der Waals surface area contributed by atoms with Crippen molar-refractivity contribution in [3.8, 4) is 5.75 Å². The smallest absolute Gasteiger partial charge is 0.416 e. The number of rotatable bonds is 7. The van der Waals surface area contributed by atoms with Gasteiger partial charge >= 0.3 is 6.18 Å². The Morgan fingerprint density at radius 1 is 1.21 bits per heavy atom. The molecule has 0 radical (unpaired) electrons. The van der Waals surface area contributed by atoms with Crippen molar-refractivity contribution in [1.82, 2.24) is 4.31 Å². The number of sulfonamides is 1. The minimum Gasteiger partial charge on any atom is -0.495 e. The van der Waals surface area contributed by atoms with Gasteiger partial charge in [0.15, 0.2) is 0 Å². The van der Waals surface area contributed by atoms with Gasteiger partial charge < -0.3 is 10.1 Å². The van der Waals surface area contributed by atoms with E-state index in [0.717, 1.165) is 22.5 Å². The van der Waals surface area contributed by atoms with Crippen LogP contribution in [-0.4, -0.2) is 38.8 Å². The maximum absolute atomic E-state index is 12.8. The molecule has 1 amide bonds. The predicted molar refractivity (Wildman–Crippen MR) is 103 cm³/mol. The van der Waals surface area contributed by atoms with Crippen molar-refractivity contribution in [2.24, 2.45) is 0 Å². The number of nitrogens with zero attached hydrogens (tertiary/aromatic N) is 1. The quantitative estimate of drug-likeness (QED) is 0.691. The van der Waals surface area contributed by atoms with Crippen LogP contribution in [0.25, 0.3) is 0 Å². The second kappa shape index (κ2) is 9.02. The maximum atomic E-state index is 12.8. The highest BCUT2D eigenvalue weighted by Crippen LogP contribution is 2.31. The standard InChI is InChI=1S/C18H18ClF3N2O4S/c1-3-24(29(26,27)14-7-8-16(28-2)15(19)10-14)11-17(25)23-13-6-4-5-12(9-13)18(20,21)22/h4-10H,3,11H2,1-2H3,(H,23,25). The Kier molecular flexibility index (Phi) is 7.15. The van der Waals surface area contributed by atoms with Crippen LogP contribution in [0.3, 0.4) is 0 Å². The third-order valence-electron chi connectivity index (χ3n) is 3.91. The van der Waals surface area contributed by atoms with E-state index in [0.29, 0.717) is 0 Å². The molecule has 1 N–H and O–H groups in total. The lowest BCUT2D eigenvalue weighted by atomic mass is 10.2. The SMILES string of the molecule is CCN(CC(=O)Nc1cccc(C(F)(F)F)c1)S(=O)(=O)c1ccc(OC)c(Cl)c1. The maximum Gasteiger partial charge on any atom is 0.416 e. The summed E-state index contributed by atoms with van der Waals surface area (Å²) in [5.74, 6) is -0.495. The normalized spacial score (nSPS) is 12.1. The van der Waals surface area contributed by atoms with Gasteiger partial charge in [-0.1, -0.05) is 24.6 Å². The number of carbonyl (C=O) groups is 1. The molecule has 0 unspecified atom stereocenters. The molecule has 6 nitrogen and oxygen atoms in total. The van der Waals surface area contributed by atoms with Crippen molar-refractivity contribution in [2.75, 3.05) is 25.5 Å². The topological polar surface area (TPSA) is 75.7 Å². The Hall–Kier alpha value is -2.30. The lowest BCUT2D eigenvalue weighted by molar-refractivity contribution is -0.137. The molecule has 0 saturated carbocycles. The molecule has 0 spiro atoms. The molecule has 2 aromatic carbocycles. The number of hydrogen-bond donors (Lipinski definition) is 1. The Labute approximate surface area is 171 Å². The van der Waals surface area contributed by atoms with Gasteiger partial charge in [0.2, 0.25) is 15.9 Å². The second-order valence-corrected chi connectivity index (χ2v) is 8.20. The van der Waals surface area contributed by atoms with E-state index < -0.39 is 34.2 Å². The molecule has 0 fully saturated rings. The van der Waals surface area contributed by atoms with Crippen molar-refractivity contribution in [3.63, 3.8) is 0 Å².